The minimum absolute atomic E-state index is 0. The van der Waals surface area contributed by atoms with E-state index in [-0.39, 0.29) is 30.6 Å². The van der Waals surface area contributed by atoms with Crippen LogP contribution in [-0.2, 0) is 6.54 Å². The van der Waals surface area contributed by atoms with E-state index in [0.29, 0.717) is 17.9 Å². The molecule has 2 N–H and O–H groups in total. The van der Waals surface area contributed by atoms with Gasteiger partial charge < -0.3 is 53.6 Å². The summed E-state index contributed by atoms with van der Waals surface area (Å²) in [6, 6.07) is 11.4. The van der Waals surface area contributed by atoms with Crippen molar-refractivity contribution < 1.29 is 58.4 Å². The van der Waals surface area contributed by atoms with Crippen molar-refractivity contribution in [2.24, 2.45) is 0 Å². The molecule has 0 atom stereocenters. The molecule has 1 fully saturated rings. The molecule has 2 aromatic rings. The number of quaternary nitrogens is 2. The van der Waals surface area contributed by atoms with Crippen molar-refractivity contribution in [3.05, 3.63) is 47.5 Å². The van der Waals surface area contributed by atoms with Crippen molar-refractivity contribution in [2.45, 2.75) is 13.0 Å². The third kappa shape index (κ3) is 7.40. The van der Waals surface area contributed by atoms with Crippen LogP contribution in [0.15, 0.2) is 36.4 Å². The molecule has 1 aliphatic heterocycles. The van der Waals surface area contributed by atoms with Crippen molar-refractivity contribution in [1.82, 2.24) is 0 Å². The maximum atomic E-state index is 12.5. The molecule has 0 aromatic heterocycles. The summed E-state index contributed by atoms with van der Waals surface area (Å²) in [6.45, 7) is 5.95. The van der Waals surface area contributed by atoms with E-state index in [1.807, 2.05) is 30.3 Å². The molecular formula is C24H34Cl2N2O5. The number of carbonyl (C=O) groups excluding carboxylic acids is 1. The van der Waals surface area contributed by atoms with Crippen LogP contribution in [0.2, 0.25) is 0 Å². The molecule has 0 aliphatic carbocycles. The first-order valence-corrected chi connectivity index (χ1v) is 10.7. The zero-order valence-electron chi connectivity index (χ0n) is 19.7. The monoisotopic (exact) mass is 500 g/mol. The van der Waals surface area contributed by atoms with Crippen molar-refractivity contribution in [3.63, 3.8) is 0 Å². The van der Waals surface area contributed by atoms with Gasteiger partial charge in [-0.1, -0.05) is 12.1 Å². The van der Waals surface area contributed by atoms with Gasteiger partial charge in [-0.15, -0.1) is 0 Å². The summed E-state index contributed by atoms with van der Waals surface area (Å²) < 4.78 is 21.7. The molecule has 0 radical (unpaired) electrons. The summed E-state index contributed by atoms with van der Waals surface area (Å²) in [5, 5.41) is 0. The van der Waals surface area contributed by atoms with E-state index < -0.39 is 0 Å². The summed E-state index contributed by atoms with van der Waals surface area (Å²) >= 11 is 0. The number of methoxy groups -OCH3 is 4. The minimum atomic E-state index is 0. The van der Waals surface area contributed by atoms with Gasteiger partial charge in [-0.2, -0.15) is 0 Å². The van der Waals surface area contributed by atoms with Gasteiger partial charge in [-0.05, 0) is 24.3 Å². The van der Waals surface area contributed by atoms with E-state index >= 15 is 0 Å². The number of piperazine rings is 1. The van der Waals surface area contributed by atoms with Gasteiger partial charge in [0, 0.05) is 5.56 Å². The van der Waals surface area contributed by atoms with Crippen molar-refractivity contribution in [2.75, 3.05) is 61.2 Å². The quantitative estimate of drug-likeness (QED) is 0.318. The first-order chi connectivity index (χ1) is 15.1. The van der Waals surface area contributed by atoms with Gasteiger partial charge in [0.15, 0.2) is 17.3 Å². The van der Waals surface area contributed by atoms with Gasteiger partial charge in [0.1, 0.15) is 38.5 Å². The van der Waals surface area contributed by atoms with E-state index in [0.717, 1.165) is 61.9 Å². The highest BCUT2D eigenvalue weighted by molar-refractivity contribution is 5.96. The molecular weight excluding hydrogens is 467 g/mol. The van der Waals surface area contributed by atoms with Gasteiger partial charge >= 0.3 is 0 Å². The maximum Gasteiger partial charge on any atom is 0.203 e. The number of benzene rings is 2. The summed E-state index contributed by atoms with van der Waals surface area (Å²) in [4.78, 5) is 15.5. The smallest absolute Gasteiger partial charge is 0.203 e. The van der Waals surface area contributed by atoms with E-state index in [4.69, 9.17) is 18.9 Å². The maximum absolute atomic E-state index is 12.5. The number of hydrogen-bond donors (Lipinski definition) is 2. The third-order valence-electron chi connectivity index (χ3n) is 5.99. The van der Waals surface area contributed by atoms with Crippen LogP contribution in [0.25, 0.3) is 0 Å². The van der Waals surface area contributed by atoms with Crippen LogP contribution < -0.4 is 53.6 Å². The normalized spacial score (nSPS) is 17.2. The Kier molecular flexibility index (Phi) is 12.4. The number of carbonyl (C=O) groups is 1. The minimum Gasteiger partial charge on any atom is -1.00 e. The zero-order chi connectivity index (χ0) is 22.2. The molecule has 0 bridgehead atoms. The highest BCUT2D eigenvalue weighted by Crippen LogP contribution is 2.39. The summed E-state index contributed by atoms with van der Waals surface area (Å²) in [5.74, 6) is 2.96. The molecule has 3 rings (SSSR count). The van der Waals surface area contributed by atoms with Crippen LogP contribution >= 0.6 is 0 Å². The molecule has 9 heteroatoms. The lowest BCUT2D eigenvalue weighted by Gasteiger charge is -2.30. The Morgan fingerprint density at radius 1 is 0.818 bits per heavy atom. The van der Waals surface area contributed by atoms with Crippen LogP contribution in [0.4, 0.5) is 0 Å². The van der Waals surface area contributed by atoms with Gasteiger partial charge in [-0.25, -0.2) is 0 Å². The van der Waals surface area contributed by atoms with E-state index in [1.54, 1.807) is 28.4 Å². The average molecular weight is 501 g/mol. The van der Waals surface area contributed by atoms with Crippen LogP contribution in [0.3, 0.4) is 0 Å². The van der Waals surface area contributed by atoms with Gasteiger partial charge in [0.05, 0.1) is 47.0 Å². The molecule has 0 unspecified atom stereocenters. The highest BCUT2D eigenvalue weighted by Gasteiger charge is 2.26. The number of rotatable bonds is 10. The Morgan fingerprint density at radius 3 is 2.09 bits per heavy atom. The Balaban J connectivity index is 0.00000272. The summed E-state index contributed by atoms with van der Waals surface area (Å²) in [7, 11) is 6.54. The van der Waals surface area contributed by atoms with Crippen LogP contribution in [-0.4, -0.2) is 66.9 Å². The second kappa shape index (κ2) is 14.2. The van der Waals surface area contributed by atoms with E-state index in [9.17, 15) is 4.79 Å². The highest BCUT2D eigenvalue weighted by atomic mass is 35.5. The van der Waals surface area contributed by atoms with Crippen molar-refractivity contribution >= 4 is 5.78 Å². The predicted molar refractivity (Wildman–Crippen MR) is 118 cm³/mol. The Morgan fingerprint density at radius 2 is 1.48 bits per heavy atom. The number of hydrogen-bond acceptors (Lipinski definition) is 5. The lowest BCUT2D eigenvalue weighted by Crippen LogP contribution is -3.27. The average Bonchev–Trinajstić information content (AvgIpc) is 2.82. The molecule has 0 amide bonds. The second-order valence-electron chi connectivity index (χ2n) is 7.83. The van der Waals surface area contributed by atoms with Crippen molar-refractivity contribution in [3.8, 4) is 23.0 Å². The second-order valence-corrected chi connectivity index (χ2v) is 7.83. The Labute approximate surface area is 208 Å². The van der Waals surface area contributed by atoms with Gasteiger partial charge in [0.2, 0.25) is 5.75 Å². The van der Waals surface area contributed by atoms with Crippen LogP contribution in [0.5, 0.6) is 23.0 Å². The van der Waals surface area contributed by atoms with Gasteiger partial charge in [0.25, 0.3) is 0 Å². The first-order valence-electron chi connectivity index (χ1n) is 10.7. The molecule has 2 aromatic carbocycles. The number of nitrogens with one attached hydrogen (secondary N) is 2. The van der Waals surface area contributed by atoms with Crippen molar-refractivity contribution in [1.29, 1.82) is 0 Å². The van der Waals surface area contributed by atoms with E-state index in [1.165, 1.54) is 9.80 Å². The third-order valence-corrected chi connectivity index (χ3v) is 5.99. The summed E-state index contributed by atoms with van der Waals surface area (Å²) in [5.41, 5.74) is 1.84. The van der Waals surface area contributed by atoms with Crippen LogP contribution in [0.1, 0.15) is 22.3 Å². The largest absolute Gasteiger partial charge is 1.00 e. The lowest BCUT2D eigenvalue weighted by molar-refractivity contribution is -1.02. The fourth-order valence-corrected chi connectivity index (χ4v) is 4.19. The number of Topliss-reactive ketones (excluding diaryl/α,β-unsaturated/α-hetero) is 1. The topological polar surface area (TPSA) is 62.9 Å². The molecule has 1 heterocycles. The van der Waals surface area contributed by atoms with Crippen LogP contribution in [0, 0.1) is 0 Å². The Hall–Kier alpha value is -2.19. The van der Waals surface area contributed by atoms with E-state index in [2.05, 4.69) is 6.07 Å². The predicted octanol–water partition coefficient (Wildman–Crippen LogP) is -5.71. The fourth-order valence-electron chi connectivity index (χ4n) is 4.19. The number of halogens is 2. The molecule has 33 heavy (non-hydrogen) atoms. The Bertz CT molecular complexity index is 889. The lowest BCUT2D eigenvalue weighted by atomic mass is 10.1. The fraction of sp³-hybridized carbons (Fsp3) is 0.458. The molecule has 7 nitrogen and oxygen atoms in total. The first kappa shape index (κ1) is 28.8. The molecule has 184 valence electrons. The zero-order valence-corrected chi connectivity index (χ0v) is 21.2. The molecule has 0 spiro atoms. The molecule has 0 saturated carbocycles. The number of ether oxygens (including phenoxy) is 4. The molecule has 1 aliphatic rings. The standard InChI is InChI=1S/C24H32N2O5.2ClH/c1-28-20-7-5-6-18(16-20)21(27)10-11-25-12-14-26(15-13-25)17-19-8-9-22(29-2)24(31-4)23(19)30-3;;/h5-9,16H,10-15,17H2,1-4H3;2*1H. The SMILES string of the molecule is COc1cccc(C(=O)CC[NH+]2CC[NH+](Cc3ccc(OC)c(OC)c3OC)CC2)c1.[Cl-].[Cl-]. The number of ketones is 1. The molecule has 1 saturated heterocycles. The summed E-state index contributed by atoms with van der Waals surface area (Å²) in [6.07, 6.45) is 0.557. The van der Waals surface area contributed by atoms with Gasteiger partial charge in [-0.3, -0.25) is 4.79 Å².